The average Bonchev–Trinajstić information content (AvgIpc) is 2.94. The largest absolute Gasteiger partial charge is 0.349 e. The number of carbonyl (C=O) groups excluding carboxylic acids is 2. The predicted molar refractivity (Wildman–Crippen MR) is 85.6 cm³/mol. The van der Waals surface area contributed by atoms with E-state index in [-0.39, 0.29) is 42.3 Å². The summed E-state index contributed by atoms with van der Waals surface area (Å²) in [4.78, 5) is 23.9. The lowest BCUT2D eigenvalue weighted by atomic mass is 9.97. The van der Waals surface area contributed by atoms with Gasteiger partial charge in [0.2, 0.25) is 5.91 Å². The van der Waals surface area contributed by atoms with Gasteiger partial charge in [0.05, 0.1) is 11.1 Å². The number of hydrogen-bond acceptors (Lipinski definition) is 3. The van der Waals surface area contributed by atoms with Crippen molar-refractivity contribution in [2.24, 2.45) is 5.73 Å². The Kier molecular flexibility index (Phi) is 7.09. The van der Waals surface area contributed by atoms with Crippen LogP contribution in [-0.4, -0.2) is 23.8 Å². The van der Waals surface area contributed by atoms with Crippen LogP contribution in [0, 0.1) is 11.6 Å². The second-order valence-corrected chi connectivity index (χ2v) is 5.79. The number of carbonyl (C=O) groups is 2. The zero-order valence-corrected chi connectivity index (χ0v) is 13.6. The van der Waals surface area contributed by atoms with Gasteiger partial charge in [-0.3, -0.25) is 9.59 Å². The van der Waals surface area contributed by atoms with Crippen molar-refractivity contribution in [3.05, 3.63) is 35.4 Å². The summed E-state index contributed by atoms with van der Waals surface area (Å²) in [5.74, 6) is -2.42. The summed E-state index contributed by atoms with van der Waals surface area (Å²) in [6.45, 7) is 0.374. The van der Waals surface area contributed by atoms with E-state index in [1.54, 1.807) is 0 Å². The molecular formula is C16H21ClF2N2O2. The van der Waals surface area contributed by atoms with Crippen molar-refractivity contribution in [3.63, 3.8) is 0 Å². The van der Waals surface area contributed by atoms with Crippen molar-refractivity contribution < 1.29 is 18.4 Å². The highest BCUT2D eigenvalue weighted by atomic mass is 35.5. The molecule has 3 N–H and O–H groups in total. The summed E-state index contributed by atoms with van der Waals surface area (Å²) in [5.41, 5.74) is 5.18. The smallest absolute Gasteiger partial charge is 0.220 e. The third kappa shape index (κ3) is 4.97. The first-order valence-corrected chi connectivity index (χ1v) is 7.45. The van der Waals surface area contributed by atoms with Crippen molar-refractivity contribution in [2.75, 3.05) is 6.54 Å². The second kappa shape index (κ2) is 8.36. The van der Waals surface area contributed by atoms with E-state index in [4.69, 9.17) is 5.73 Å². The molecule has 1 aliphatic rings. The fourth-order valence-corrected chi connectivity index (χ4v) is 2.87. The minimum absolute atomic E-state index is 0. The monoisotopic (exact) mass is 346 g/mol. The number of halogens is 3. The van der Waals surface area contributed by atoms with Crippen molar-refractivity contribution in [1.82, 2.24) is 5.32 Å². The Labute approximate surface area is 140 Å². The van der Waals surface area contributed by atoms with Crippen LogP contribution in [0.4, 0.5) is 8.78 Å². The number of benzene rings is 1. The van der Waals surface area contributed by atoms with Crippen LogP contribution in [0.1, 0.15) is 48.9 Å². The Balaban J connectivity index is 0.00000264. The van der Waals surface area contributed by atoms with Gasteiger partial charge in [0.15, 0.2) is 5.78 Å². The maximum absolute atomic E-state index is 13.5. The Bertz CT molecular complexity index is 575. The molecule has 0 aliphatic heterocycles. The number of Topliss-reactive ketones (excluding diaryl/α,β-unsaturated/α-hetero) is 1. The molecule has 2 rings (SSSR count). The minimum atomic E-state index is -0.903. The van der Waals surface area contributed by atoms with E-state index >= 15 is 0 Å². The molecule has 1 aromatic carbocycles. The van der Waals surface area contributed by atoms with Gasteiger partial charge in [-0.05, 0) is 25.0 Å². The molecule has 4 nitrogen and oxygen atoms in total. The zero-order valence-electron chi connectivity index (χ0n) is 12.7. The molecule has 1 amide bonds. The molecule has 0 radical (unpaired) electrons. The number of ketones is 1. The third-order valence-electron chi connectivity index (χ3n) is 4.17. The molecular weight excluding hydrogens is 326 g/mol. The van der Waals surface area contributed by atoms with Gasteiger partial charge in [0.1, 0.15) is 11.6 Å². The maximum atomic E-state index is 13.5. The molecule has 0 bridgehead atoms. The van der Waals surface area contributed by atoms with E-state index in [1.807, 2.05) is 0 Å². The molecule has 1 saturated carbocycles. The fourth-order valence-electron chi connectivity index (χ4n) is 2.87. The topological polar surface area (TPSA) is 72.2 Å². The lowest BCUT2D eigenvalue weighted by Crippen LogP contribution is -2.51. The predicted octanol–water partition coefficient (Wildman–Crippen LogP) is 2.74. The maximum Gasteiger partial charge on any atom is 0.220 e. The van der Waals surface area contributed by atoms with E-state index in [0.29, 0.717) is 12.6 Å². The van der Waals surface area contributed by atoms with Gasteiger partial charge in [-0.1, -0.05) is 12.8 Å². The fraction of sp³-hybridized carbons (Fsp3) is 0.500. The number of nitrogens with two attached hydrogens (primary N) is 1. The van der Waals surface area contributed by atoms with Crippen LogP contribution in [0.15, 0.2) is 18.2 Å². The molecule has 23 heavy (non-hydrogen) atoms. The quantitative estimate of drug-likeness (QED) is 0.778. The zero-order chi connectivity index (χ0) is 16.2. The Morgan fingerprint density at radius 3 is 2.39 bits per heavy atom. The van der Waals surface area contributed by atoms with Crippen molar-refractivity contribution >= 4 is 24.1 Å². The van der Waals surface area contributed by atoms with Crippen LogP contribution < -0.4 is 11.1 Å². The van der Waals surface area contributed by atoms with E-state index in [9.17, 15) is 18.4 Å². The van der Waals surface area contributed by atoms with Gasteiger partial charge in [-0.15, -0.1) is 12.4 Å². The summed E-state index contributed by atoms with van der Waals surface area (Å²) in [5, 5.41) is 2.90. The average molecular weight is 347 g/mol. The van der Waals surface area contributed by atoms with Crippen molar-refractivity contribution in [1.29, 1.82) is 0 Å². The van der Waals surface area contributed by atoms with E-state index in [1.165, 1.54) is 0 Å². The summed E-state index contributed by atoms with van der Waals surface area (Å²) in [6.07, 6.45) is 3.59. The third-order valence-corrected chi connectivity index (χ3v) is 4.17. The van der Waals surface area contributed by atoms with Crippen LogP contribution in [0.25, 0.3) is 0 Å². The van der Waals surface area contributed by atoms with Crippen LogP contribution >= 0.6 is 12.4 Å². The van der Waals surface area contributed by atoms with Crippen LogP contribution in [0.2, 0.25) is 0 Å². The first kappa shape index (κ1) is 19.5. The molecule has 0 aromatic heterocycles. The number of rotatable bonds is 6. The number of nitrogens with one attached hydrogen (secondary N) is 1. The molecule has 0 saturated heterocycles. The molecule has 1 fully saturated rings. The Hall–Kier alpha value is -1.53. The van der Waals surface area contributed by atoms with Gasteiger partial charge < -0.3 is 11.1 Å². The SMILES string of the molecule is Cl.NCC1(NC(=O)CCC(=O)c2ccc(F)cc2F)CCCC1. The first-order chi connectivity index (χ1) is 10.5. The minimum Gasteiger partial charge on any atom is -0.349 e. The van der Waals surface area contributed by atoms with E-state index in [0.717, 1.165) is 37.8 Å². The molecule has 0 atom stereocenters. The summed E-state index contributed by atoms with van der Waals surface area (Å²) in [6, 6.07) is 2.79. The summed E-state index contributed by atoms with van der Waals surface area (Å²) >= 11 is 0. The van der Waals surface area contributed by atoms with Crippen LogP contribution in [0.3, 0.4) is 0 Å². The molecule has 7 heteroatoms. The second-order valence-electron chi connectivity index (χ2n) is 5.79. The van der Waals surface area contributed by atoms with Gasteiger partial charge in [0.25, 0.3) is 0 Å². The highest BCUT2D eigenvalue weighted by Gasteiger charge is 2.33. The Morgan fingerprint density at radius 2 is 1.83 bits per heavy atom. The molecule has 1 aromatic rings. The summed E-state index contributed by atoms with van der Waals surface area (Å²) in [7, 11) is 0. The lowest BCUT2D eigenvalue weighted by Gasteiger charge is -2.28. The molecule has 0 unspecified atom stereocenters. The molecule has 1 aliphatic carbocycles. The molecule has 0 spiro atoms. The van der Waals surface area contributed by atoms with Gasteiger partial charge in [0, 0.05) is 25.5 Å². The van der Waals surface area contributed by atoms with Crippen molar-refractivity contribution in [2.45, 2.75) is 44.1 Å². The molecule has 0 heterocycles. The molecule has 128 valence electrons. The van der Waals surface area contributed by atoms with Crippen LogP contribution in [0.5, 0.6) is 0 Å². The van der Waals surface area contributed by atoms with Gasteiger partial charge in [-0.25, -0.2) is 8.78 Å². The highest BCUT2D eigenvalue weighted by Crippen LogP contribution is 2.28. The summed E-state index contributed by atoms with van der Waals surface area (Å²) < 4.78 is 26.3. The van der Waals surface area contributed by atoms with E-state index in [2.05, 4.69) is 5.32 Å². The first-order valence-electron chi connectivity index (χ1n) is 7.45. The number of amides is 1. The number of hydrogen-bond donors (Lipinski definition) is 2. The van der Waals surface area contributed by atoms with Gasteiger partial charge >= 0.3 is 0 Å². The van der Waals surface area contributed by atoms with E-state index < -0.39 is 17.4 Å². The standard InChI is InChI=1S/C16H20F2N2O2.ClH/c17-11-3-4-12(13(18)9-11)14(21)5-6-15(22)20-16(10-19)7-1-2-8-16;/h3-4,9H,1-2,5-8,10,19H2,(H,20,22);1H. The Morgan fingerprint density at radius 1 is 1.17 bits per heavy atom. The lowest BCUT2D eigenvalue weighted by molar-refractivity contribution is -0.122. The van der Waals surface area contributed by atoms with Gasteiger partial charge in [-0.2, -0.15) is 0 Å². The van der Waals surface area contributed by atoms with Crippen LogP contribution in [-0.2, 0) is 4.79 Å². The highest BCUT2D eigenvalue weighted by molar-refractivity contribution is 5.98. The normalized spacial score (nSPS) is 15.8. The van der Waals surface area contributed by atoms with Crippen molar-refractivity contribution in [3.8, 4) is 0 Å².